The van der Waals surface area contributed by atoms with E-state index in [4.69, 9.17) is 4.98 Å². The zero-order valence-corrected chi connectivity index (χ0v) is 12.3. The fraction of sp³-hybridized carbons (Fsp3) is 0.471. The van der Waals surface area contributed by atoms with Crippen LogP contribution in [0.3, 0.4) is 0 Å². The summed E-state index contributed by atoms with van der Waals surface area (Å²) in [4.78, 5) is 8.45. The summed E-state index contributed by atoms with van der Waals surface area (Å²) in [5, 5.41) is 3.43. The molecular formula is C17H23N3. The minimum atomic E-state index is 0.466. The van der Waals surface area contributed by atoms with Gasteiger partial charge in [-0.05, 0) is 31.3 Å². The van der Waals surface area contributed by atoms with Crippen LogP contribution in [0.2, 0.25) is 0 Å². The predicted octanol–water partition coefficient (Wildman–Crippen LogP) is 3.35. The molecular weight excluding hydrogens is 246 g/mol. The minimum Gasteiger partial charge on any atom is -0.345 e. The molecule has 3 nitrogen and oxygen atoms in total. The second kappa shape index (κ2) is 5.80. The van der Waals surface area contributed by atoms with E-state index in [-0.39, 0.29) is 0 Å². The van der Waals surface area contributed by atoms with Gasteiger partial charge in [-0.15, -0.1) is 0 Å². The van der Waals surface area contributed by atoms with Crippen molar-refractivity contribution in [3.63, 3.8) is 0 Å². The molecule has 0 bridgehead atoms. The number of benzene rings is 1. The van der Waals surface area contributed by atoms with E-state index in [2.05, 4.69) is 54.5 Å². The van der Waals surface area contributed by atoms with E-state index in [0.29, 0.717) is 5.92 Å². The fourth-order valence-electron chi connectivity index (χ4n) is 2.93. The molecule has 2 aromatic rings. The van der Waals surface area contributed by atoms with Gasteiger partial charge >= 0.3 is 0 Å². The van der Waals surface area contributed by atoms with E-state index >= 15 is 0 Å². The third-order valence-electron chi connectivity index (χ3n) is 4.05. The first kappa shape index (κ1) is 13.4. The van der Waals surface area contributed by atoms with Crippen molar-refractivity contribution in [2.45, 2.75) is 32.6 Å². The number of rotatable bonds is 4. The zero-order valence-electron chi connectivity index (χ0n) is 12.3. The maximum Gasteiger partial charge on any atom is 0.107 e. The second-order valence-corrected chi connectivity index (χ2v) is 6.03. The number of nitrogens with zero attached hydrogens (tertiary/aromatic N) is 1. The molecule has 1 aromatic carbocycles. The Morgan fingerprint density at radius 1 is 1.25 bits per heavy atom. The Kier molecular flexibility index (Phi) is 3.88. The molecule has 1 aliphatic rings. The number of nitrogens with one attached hydrogen (secondary N) is 2. The van der Waals surface area contributed by atoms with Crippen LogP contribution in [0.1, 0.15) is 37.7 Å². The molecule has 3 rings (SSSR count). The lowest BCUT2D eigenvalue weighted by Gasteiger charge is -2.05. The highest BCUT2D eigenvalue weighted by atomic mass is 15.0. The second-order valence-electron chi connectivity index (χ2n) is 6.03. The Morgan fingerprint density at radius 2 is 2.05 bits per heavy atom. The van der Waals surface area contributed by atoms with Crippen LogP contribution in [0.15, 0.2) is 30.3 Å². The van der Waals surface area contributed by atoms with E-state index in [1.165, 1.54) is 17.7 Å². The van der Waals surface area contributed by atoms with Crippen LogP contribution in [-0.4, -0.2) is 23.1 Å². The van der Waals surface area contributed by atoms with Crippen LogP contribution >= 0.6 is 0 Å². The molecule has 1 aromatic heterocycles. The maximum atomic E-state index is 4.88. The summed E-state index contributed by atoms with van der Waals surface area (Å²) in [5.74, 6) is 2.33. The summed E-state index contributed by atoms with van der Waals surface area (Å²) < 4.78 is 0. The quantitative estimate of drug-likeness (QED) is 0.893. The Hall–Kier alpha value is -1.61. The van der Waals surface area contributed by atoms with Crippen LogP contribution in [0, 0.1) is 5.92 Å². The van der Waals surface area contributed by atoms with Crippen LogP contribution in [0.5, 0.6) is 0 Å². The number of imidazole rings is 1. The third kappa shape index (κ3) is 2.78. The molecule has 2 heterocycles. The molecule has 106 valence electrons. The first-order valence-corrected chi connectivity index (χ1v) is 7.59. The lowest BCUT2D eigenvalue weighted by atomic mass is 10.0. The van der Waals surface area contributed by atoms with Crippen molar-refractivity contribution >= 4 is 0 Å². The molecule has 0 aliphatic carbocycles. The highest BCUT2D eigenvalue weighted by Gasteiger charge is 2.19. The van der Waals surface area contributed by atoms with E-state index < -0.39 is 0 Å². The molecule has 1 saturated heterocycles. The van der Waals surface area contributed by atoms with Gasteiger partial charge in [0.15, 0.2) is 0 Å². The molecule has 3 heteroatoms. The summed E-state index contributed by atoms with van der Waals surface area (Å²) in [5.41, 5.74) is 3.60. The van der Waals surface area contributed by atoms with E-state index in [0.717, 1.165) is 36.9 Å². The smallest absolute Gasteiger partial charge is 0.107 e. The Labute approximate surface area is 120 Å². The summed E-state index contributed by atoms with van der Waals surface area (Å²) in [6, 6.07) is 10.5. The lowest BCUT2D eigenvalue weighted by molar-refractivity contribution is 0.564. The van der Waals surface area contributed by atoms with Crippen LogP contribution in [0.4, 0.5) is 0 Å². The summed E-state index contributed by atoms with van der Waals surface area (Å²) in [6.07, 6.45) is 2.32. The van der Waals surface area contributed by atoms with Gasteiger partial charge in [-0.25, -0.2) is 4.98 Å². The SMILES string of the molecule is CC(C)c1[nH]c(CC2CCNC2)nc1-c1ccccc1. The maximum absolute atomic E-state index is 4.88. The molecule has 1 aliphatic heterocycles. The van der Waals surface area contributed by atoms with Gasteiger partial charge in [0.25, 0.3) is 0 Å². The Bertz CT molecular complexity index is 551. The molecule has 0 spiro atoms. The highest BCUT2D eigenvalue weighted by Crippen LogP contribution is 2.28. The van der Waals surface area contributed by atoms with Gasteiger partial charge in [-0.1, -0.05) is 44.2 Å². The highest BCUT2D eigenvalue weighted by molar-refractivity contribution is 5.62. The van der Waals surface area contributed by atoms with Crippen molar-refractivity contribution in [1.82, 2.24) is 15.3 Å². The summed E-state index contributed by atoms with van der Waals surface area (Å²) >= 11 is 0. The van der Waals surface area contributed by atoms with Crippen LogP contribution < -0.4 is 5.32 Å². The number of aromatic amines is 1. The van der Waals surface area contributed by atoms with E-state index in [1.54, 1.807) is 0 Å². The van der Waals surface area contributed by atoms with Crippen molar-refractivity contribution in [3.8, 4) is 11.3 Å². The van der Waals surface area contributed by atoms with Crippen molar-refractivity contribution < 1.29 is 0 Å². The minimum absolute atomic E-state index is 0.466. The number of H-pyrrole nitrogens is 1. The Balaban J connectivity index is 1.90. The van der Waals surface area contributed by atoms with Gasteiger partial charge < -0.3 is 10.3 Å². The summed E-state index contributed by atoms with van der Waals surface area (Å²) in [6.45, 7) is 6.72. The number of hydrogen-bond acceptors (Lipinski definition) is 2. The first-order valence-electron chi connectivity index (χ1n) is 7.59. The van der Waals surface area contributed by atoms with Gasteiger partial charge in [0.1, 0.15) is 5.82 Å². The topological polar surface area (TPSA) is 40.7 Å². The average Bonchev–Trinajstić information content (AvgIpc) is 3.10. The van der Waals surface area contributed by atoms with Crippen molar-refractivity contribution in [3.05, 3.63) is 41.9 Å². The van der Waals surface area contributed by atoms with Gasteiger partial charge in [0, 0.05) is 17.7 Å². The zero-order chi connectivity index (χ0) is 13.9. The fourth-order valence-corrected chi connectivity index (χ4v) is 2.93. The standard InChI is InChI=1S/C17H23N3/c1-12(2)16-17(14-6-4-3-5-7-14)20-15(19-16)10-13-8-9-18-11-13/h3-7,12-13,18H,8-11H2,1-2H3,(H,19,20). The molecule has 20 heavy (non-hydrogen) atoms. The van der Waals surface area contributed by atoms with Gasteiger partial charge in [0.2, 0.25) is 0 Å². The van der Waals surface area contributed by atoms with Gasteiger partial charge in [-0.2, -0.15) is 0 Å². The molecule has 0 amide bonds. The van der Waals surface area contributed by atoms with Gasteiger partial charge in [-0.3, -0.25) is 0 Å². The van der Waals surface area contributed by atoms with E-state index in [1.807, 2.05) is 0 Å². The van der Waals surface area contributed by atoms with Crippen LogP contribution in [0.25, 0.3) is 11.3 Å². The molecule has 1 atom stereocenters. The average molecular weight is 269 g/mol. The largest absolute Gasteiger partial charge is 0.345 e. The van der Waals surface area contributed by atoms with Crippen molar-refractivity contribution in [2.75, 3.05) is 13.1 Å². The molecule has 0 saturated carbocycles. The molecule has 1 unspecified atom stereocenters. The third-order valence-corrected chi connectivity index (χ3v) is 4.05. The normalized spacial score (nSPS) is 18.9. The van der Waals surface area contributed by atoms with E-state index in [9.17, 15) is 0 Å². The number of hydrogen-bond donors (Lipinski definition) is 2. The molecule has 2 N–H and O–H groups in total. The van der Waals surface area contributed by atoms with Crippen LogP contribution in [-0.2, 0) is 6.42 Å². The molecule has 0 radical (unpaired) electrons. The van der Waals surface area contributed by atoms with Gasteiger partial charge in [0.05, 0.1) is 5.69 Å². The monoisotopic (exact) mass is 269 g/mol. The summed E-state index contributed by atoms with van der Waals surface area (Å²) in [7, 11) is 0. The Morgan fingerprint density at radius 3 is 2.70 bits per heavy atom. The first-order chi connectivity index (χ1) is 9.74. The van der Waals surface area contributed by atoms with Crippen molar-refractivity contribution in [2.24, 2.45) is 5.92 Å². The van der Waals surface area contributed by atoms with Crippen molar-refractivity contribution in [1.29, 1.82) is 0 Å². The predicted molar refractivity (Wildman–Crippen MR) is 82.8 cm³/mol. The molecule has 1 fully saturated rings. The number of aromatic nitrogens is 2. The lowest BCUT2D eigenvalue weighted by Crippen LogP contribution is -2.11.